The van der Waals surface area contributed by atoms with Gasteiger partial charge >= 0.3 is 17.8 Å². The Morgan fingerprint density at radius 1 is 0.824 bits per heavy atom. The van der Waals surface area contributed by atoms with E-state index in [1.54, 1.807) is 67.6 Å². The molecule has 0 aliphatic heterocycles. The number of para-hydroxylation sites is 3. The Morgan fingerprint density at radius 3 is 2.15 bits per heavy atom. The first kappa shape index (κ1) is 24.2. The molecule has 174 valence electrons. The Hall–Kier alpha value is -4.46. The van der Waals surface area contributed by atoms with Crippen molar-refractivity contribution in [1.29, 1.82) is 0 Å². The van der Waals surface area contributed by atoms with Crippen LogP contribution in [0.3, 0.4) is 0 Å². The van der Waals surface area contributed by atoms with Gasteiger partial charge in [-0.3, -0.25) is 9.59 Å². The minimum Gasteiger partial charge on any atom is -0.492 e. The van der Waals surface area contributed by atoms with Crippen LogP contribution in [-0.4, -0.2) is 30.1 Å². The van der Waals surface area contributed by atoms with Crippen LogP contribution in [0.1, 0.15) is 35.3 Å². The second kappa shape index (κ2) is 11.4. The van der Waals surface area contributed by atoms with Gasteiger partial charge in [0.05, 0.1) is 23.6 Å². The zero-order valence-corrected chi connectivity index (χ0v) is 19.1. The molecule has 0 aromatic heterocycles. The minimum atomic E-state index is -0.958. The van der Waals surface area contributed by atoms with Gasteiger partial charge < -0.3 is 14.8 Å². The first-order valence-corrected chi connectivity index (χ1v) is 10.6. The van der Waals surface area contributed by atoms with Crippen LogP contribution < -0.4 is 20.2 Å². The first-order chi connectivity index (χ1) is 16.4. The van der Waals surface area contributed by atoms with Crippen LogP contribution in [0.15, 0.2) is 77.9 Å². The molecule has 0 saturated carbocycles. The Balaban J connectivity index is 1.70. The smallest absolute Gasteiger partial charge is 0.343 e. The van der Waals surface area contributed by atoms with E-state index >= 15 is 0 Å². The van der Waals surface area contributed by atoms with Crippen LogP contribution in [0.2, 0.25) is 0 Å². The third-order valence-electron chi connectivity index (χ3n) is 4.81. The number of hydrogen-bond acceptors (Lipinski definition) is 6. The Labute approximate surface area is 197 Å². The number of amides is 2. The van der Waals surface area contributed by atoms with Gasteiger partial charge in [0.1, 0.15) is 11.5 Å². The van der Waals surface area contributed by atoms with Crippen molar-refractivity contribution in [3.63, 3.8) is 0 Å². The summed E-state index contributed by atoms with van der Waals surface area (Å²) in [6.45, 7) is 5.68. The third-order valence-corrected chi connectivity index (χ3v) is 4.81. The average Bonchev–Trinajstić information content (AvgIpc) is 2.84. The number of carbonyl (C=O) groups excluding carboxylic acids is 3. The average molecular weight is 460 g/mol. The van der Waals surface area contributed by atoms with E-state index in [0.29, 0.717) is 34.9 Å². The van der Waals surface area contributed by atoms with Crippen LogP contribution in [0.4, 0.5) is 5.69 Å². The summed E-state index contributed by atoms with van der Waals surface area (Å²) < 4.78 is 11.0. The zero-order valence-electron chi connectivity index (χ0n) is 19.1. The van der Waals surface area contributed by atoms with E-state index in [-0.39, 0.29) is 5.75 Å². The molecule has 3 rings (SSSR count). The Bertz CT molecular complexity index is 1240. The van der Waals surface area contributed by atoms with Gasteiger partial charge in [-0.1, -0.05) is 42.5 Å². The summed E-state index contributed by atoms with van der Waals surface area (Å²) in [5.74, 6) is -1.63. The van der Waals surface area contributed by atoms with Gasteiger partial charge in [0.15, 0.2) is 0 Å². The van der Waals surface area contributed by atoms with Gasteiger partial charge in [-0.25, -0.2) is 10.2 Å². The van der Waals surface area contributed by atoms with Gasteiger partial charge in [-0.15, -0.1) is 0 Å². The molecule has 3 aromatic carbocycles. The standard InChI is InChI=1S/C26H25N3O5/c1-4-33-23-16-10-8-14-21(23)27-24(30)25(31)29-28-18(3)20-13-7-9-15-22(20)34-26(32)19-12-6-5-11-17(19)2/h5-16H,4H2,1-3H3,(H,27,30)(H,29,31)/b28-18+. The van der Waals surface area contributed by atoms with Crippen molar-refractivity contribution in [3.8, 4) is 11.5 Å². The predicted molar refractivity (Wildman–Crippen MR) is 129 cm³/mol. The van der Waals surface area contributed by atoms with Crippen molar-refractivity contribution in [2.75, 3.05) is 11.9 Å². The maximum absolute atomic E-state index is 12.6. The first-order valence-electron chi connectivity index (χ1n) is 10.6. The highest BCUT2D eigenvalue weighted by molar-refractivity contribution is 6.39. The molecule has 8 nitrogen and oxygen atoms in total. The van der Waals surface area contributed by atoms with E-state index in [1.165, 1.54) is 0 Å². The summed E-state index contributed by atoms with van der Waals surface area (Å²) in [5, 5.41) is 6.51. The second-order valence-corrected chi connectivity index (χ2v) is 7.22. The number of hydrogen-bond donors (Lipinski definition) is 2. The predicted octanol–water partition coefficient (Wildman–Crippen LogP) is 4.09. The molecular weight excluding hydrogens is 434 g/mol. The molecule has 0 fully saturated rings. The number of carbonyl (C=O) groups is 3. The number of hydrazone groups is 1. The lowest BCUT2D eigenvalue weighted by atomic mass is 10.1. The van der Waals surface area contributed by atoms with Gasteiger partial charge in [-0.2, -0.15) is 5.10 Å². The Kier molecular flexibility index (Phi) is 8.12. The number of aryl methyl sites for hydroxylation is 1. The quantitative estimate of drug-likeness (QED) is 0.182. The van der Waals surface area contributed by atoms with E-state index < -0.39 is 17.8 Å². The molecule has 0 saturated heterocycles. The summed E-state index contributed by atoms with van der Waals surface area (Å²) in [6.07, 6.45) is 0. The number of nitrogens with zero attached hydrogens (tertiary/aromatic N) is 1. The molecule has 3 aromatic rings. The van der Waals surface area contributed by atoms with Crippen molar-refractivity contribution in [3.05, 3.63) is 89.5 Å². The monoisotopic (exact) mass is 459 g/mol. The van der Waals surface area contributed by atoms with Crippen molar-refractivity contribution < 1.29 is 23.9 Å². The van der Waals surface area contributed by atoms with Gasteiger partial charge in [0.2, 0.25) is 0 Å². The lowest BCUT2D eigenvalue weighted by Crippen LogP contribution is -2.33. The van der Waals surface area contributed by atoms with E-state index in [9.17, 15) is 14.4 Å². The minimum absolute atomic E-state index is 0.279. The van der Waals surface area contributed by atoms with E-state index in [4.69, 9.17) is 9.47 Å². The molecule has 2 N–H and O–H groups in total. The van der Waals surface area contributed by atoms with Crippen LogP contribution in [-0.2, 0) is 9.59 Å². The Morgan fingerprint density at radius 2 is 1.44 bits per heavy atom. The van der Waals surface area contributed by atoms with Crippen LogP contribution in [0.25, 0.3) is 0 Å². The summed E-state index contributed by atoms with van der Waals surface area (Å²) in [4.78, 5) is 37.2. The normalized spacial score (nSPS) is 10.9. The highest BCUT2D eigenvalue weighted by atomic mass is 16.5. The molecule has 34 heavy (non-hydrogen) atoms. The molecule has 0 aliphatic rings. The lowest BCUT2D eigenvalue weighted by Gasteiger charge is -2.12. The largest absolute Gasteiger partial charge is 0.492 e. The molecule has 2 amide bonds. The van der Waals surface area contributed by atoms with Crippen molar-refractivity contribution in [1.82, 2.24) is 5.43 Å². The van der Waals surface area contributed by atoms with Gasteiger partial charge in [0.25, 0.3) is 0 Å². The van der Waals surface area contributed by atoms with Crippen molar-refractivity contribution in [2.45, 2.75) is 20.8 Å². The summed E-state index contributed by atoms with van der Waals surface area (Å²) >= 11 is 0. The number of anilines is 1. The molecule has 0 bridgehead atoms. The molecule has 0 atom stereocenters. The fraction of sp³-hybridized carbons (Fsp3) is 0.154. The van der Waals surface area contributed by atoms with Crippen molar-refractivity contribution >= 4 is 29.2 Å². The maximum Gasteiger partial charge on any atom is 0.343 e. The molecule has 0 aliphatic carbocycles. The molecule has 0 spiro atoms. The topological polar surface area (TPSA) is 106 Å². The van der Waals surface area contributed by atoms with Gasteiger partial charge in [-0.05, 0) is 56.7 Å². The number of rotatable bonds is 7. The summed E-state index contributed by atoms with van der Waals surface area (Å²) in [6, 6.07) is 20.7. The fourth-order valence-corrected chi connectivity index (χ4v) is 3.09. The van der Waals surface area contributed by atoms with Gasteiger partial charge in [0, 0.05) is 5.56 Å². The zero-order chi connectivity index (χ0) is 24.5. The summed E-state index contributed by atoms with van der Waals surface area (Å²) in [5.41, 5.74) is 4.69. The fourth-order valence-electron chi connectivity index (χ4n) is 3.09. The lowest BCUT2D eigenvalue weighted by molar-refractivity contribution is -0.136. The summed E-state index contributed by atoms with van der Waals surface area (Å²) in [7, 11) is 0. The van der Waals surface area contributed by atoms with Crippen LogP contribution in [0.5, 0.6) is 11.5 Å². The van der Waals surface area contributed by atoms with E-state index in [0.717, 1.165) is 5.56 Å². The molecular formula is C26H25N3O5. The maximum atomic E-state index is 12.6. The van der Waals surface area contributed by atoms with Crippen LogP contribution >= 0.6 is 0 Å². The molecule has 8 heteroatoms. The number of esters is 1. The highest BCUT2D eigenvalue weighted by Crippen LogP contribution is 2.24. The highest BCUT2D eigenvalue weighted by Gasteiger charge is 2.17. The number of nitrogens with one attached hydrogen (secondary N) is 2. The van der Waals surface area contributed by atoms with E-state index in [2.05, 4.69) is 15.8 Å². The number of ether oxygens (including phenoxy) is 2. The SMILES string of the molecule is CCOc1ccccc1NC(=O)C(=O)N/N=C(\C)c1ccccc1OC(=O)c1ccccc1C. The molecule has 0 heterocycles. The number of benzene rings is 3. The van der Waals surface area contributed by atoms with Crippen LogP contribution in [0, 0.1) is 6.92 Å². The molecule has 0 unspecified atom stereocenters. The van der Waals surface area contributed by atoms with Crippen molar-refractivity contribution in [2.24, 2.45) is 5.10 Å². The third kappa shape index (κ3) is 6.07. The molecule has 0 radical (unpaired) electrons. The second-order valence-electron chi connectivity index (χ2n) is 7.22. The van der Waals surface area contributed by atoms with E-state index in [1.807, 2.05) is 26.0 Å².